The highest BCUT2D eigenvalue weighted by atomic mass is 127. The Morgan fingerprint density at radius 2 is 2.39 bits per heavy atom. The molecule has 2 atom stereocenters. The minimum absolute atomic E-state index is 0.361. The molecule has 2 unspecified atom stereocenters. The van der Waals surface area contributed by atoms with Gasteiger partial charge in [-0.25, -0.2) is 0 Å². The zero-order valence-electron chi connectivity index (χ0n) is 10.6. The largest absolute Gasteiger partial charge is 0.378 e. The molecule has 2 nitrogen and oxygen atoms in total. The van der Waals surface area contributed by atoms with Crippen LogP contribution < -0.4 is 5.32 Å². The van der Waals surface area contributed by atoms with E-state index in [1.807, 2.05) is 13.1 Å². The van der Waals surface area contributed by atoms with Gasteiger partial charge in [-0.1, -0.05) is 11.6 Å². The third-order valence-corrected chi connectivity index (χ3v) is 4.70. The number of hydrogen-bond donors (Lipinski definition) is 1. The summed E-state index contributed by atoms with van der Waals surface area (Å²) in [5, 5.41) is 4.20. The number of halogens is 2. The molecule has 1 aromatic carbocycles. The number of ether oxygens (including phenoxy) is 1. The number of rotatable bonds is 5. The molecule has 0 aliphatic carbocycles. The first-order chi connectivity index (χ1) is 8.70. The summed E-state index contributed by atoms with van der Waals surface area (Å²) in [6.07, 6.45) is 5.09. The molecule has 1 heterocycles. The van der Waals surface area contributed by atoms with Crippen molar-refractivity contribution in [1.82, 2.24) is 5.32 Å². The smallest absolute Gasteiger partial charge is 0.0576 e. The van der Waals surface area contributed by atoms with E-state index in [1.165, 1.54) is 22.0 Å². The molecular formula is C14H19ClINO. The highest BCUT2D eigenvalue weighted by Crippen LogP contribution is 2.28. The van der Waals surface area contributed by atoms with Crippen molar-refractivity contribution in [2.75, 3.05) is 13.7 Å². The molecule has 18 heavy (non-hydrogen) atoms. The first-order valence-corrected chi connectivity index (χ1v) is 7.90. The minimum atomic E-state index is 0.361. The summed E-state index contributed by atoms with van der Waals surface area (Å²) < 4.78 is 6.95. The molecule has 0 spiro atoms. The maximum atomic E-state index is 6.09. The number of benzene rings is 1. The van der Waals surface area contributed by atoms with Gasteiger partial charge in [0.2, 0.25) is 0 Å². The van der Waals surface area contributed by atoms with Crippen LogP contribution in [0.3, 0.4) is 0 Å². The van der Waals surface area contributed by atoms with E-state index in [9.17, 15) is 0 Å². The van der Waals surface area contributed by atoms with Crippen LogP contribution in [0.4, 0.5) is 0 Å². The molecule has 1 N–H and O–H groups in total. The predicted molar refractivity (Wildman–Crippen MR) is 84.2 cm³/mol. The lowest BCUT2D eigenvalue weighted by molar-refractivity contribution is 0.0998. The first-order valence-electron chi connectivity index (χ1n) is 6.44. The summed E-state index contributed by atoms with van der Waals surface area (Å²) in [6, 6.07) is 6.45. The molecule has 0 aromatic heterocycles. The van der Waals surface area contributed by atoms with Crippen molar-refractivity contribution < 1.29 is 4.74 Å². The van der Waals surface area contributed by atoms with E-state index in [0.29, 0.717) is 12.1 Å². The van der Waals surface area contributed by atoms with E-state index in [-0.39, 0.29) is 0 Å². The molecule has 1 fully saturated rings. The Kier molecular flexibility index (Phi) is 5.73. The molecule has 1 aromatic rings. The molecule has 1 aliphatic heterocycles. The molecule has 1 saturated heterocycles. The normalized spacial score (nSPS) is 21.2. The average molecular weight is 380 g/mol. The number of nitrogens with one attached hydrogen (secondary N) is 1. The molecule has 2 rings (SSSR count). The van der Waals surface area contributed by atoms with Gasteiger partial charge in [0.05, 0.1) is 6.10 Å². The van der Waals surface area contributed by atoms with Crippen LogP contribution in [0, 0.1) is 3.57 Å². The van der Waals surface area contributed by atoms with E-state index in [4.69, 9.17) is 16.3 Å². The van der Waals surface area contributed by atoms with Crippen LogP contribution in [0.5, 0.6) is 0 Å². The molecule has 0 saturated carbocycles. The van der Waals surface area contributed by atoms with Gasteiger partial charge in [0.25, 0.3) is 0 Å². The fourth-order valence-corrected chi connectivity index (χ4v) is 3.35. The second-order valence-corrected chi connectivity index (χ2v) is 6.32. The van der Waals surface area contributed by atoms with Crippen molar-refractivity contribution in [3.63, 3.8) is 0 Å². The Morgan fingerprint density at radius 3 is 3.06 bits per heavy atom. The maximum absolute atomic E-state index is 6.09. The van der Waals surface area contributed by atoms with Gasteiger partial charge in [-0.05, 0) is 79.1 Å². The summed E-state index contributed by atoms with van der Waals surface area (Å²) in [5.74, 6) is 0. The summed E-state index contributed by atoms with van der Waals surface area (Å²) in [5.41, 5.74) is 1.29. The molecule has 4 heteroatoms. The van der Waals surface area contributed by atoms with Crippen LogP contribution in [-0.2, 0) is 4.74 Å². The van der Waals surface area contributed by atoms with Crippen LogP contribution in [0.15, 0.2) is 18.2 Å². The van der Waals surface area contributed by atoms with E-state index in [2.05, 4.69) is 40.0 Å². The van der Waals surface area contributed by atoms with Crippen molar-refractivity contribution in [2.24, 2.45) is 0 Å². The van der Waals surface area contributed by atoms with E-state index in [0.717, 1.165) is 24.5 Å². The second kappa shape index (κ2) is 7.08. The Morgan fingerprint density at radius 1 is 1.56 bits per heavy atom. The fourth-order valence-electron chi connectivity index (χ4n) is 2.46. The molecular weight excluding hydrogens is 361 g/mol. The zero-order chi connectivity index (χ0) is 13.0. The van der Waals surface area contributed by atoms with Crippen LogP contribution >= 0.6 is 34.2 Å². The Hall–Kier alpha value is 0.160. The lowest BCUT2D eigenvalue weighted by Crippen LogP contribution is -2.19. The first kappa shape index (κ1) is 14.6. The predicted octanol–water partition coefficient (Wildman–Crippen LogP) is 4.16. The summed E-state index contributed by atoms with van der Waals surface area (Å²) in [4.78, 5) is 0. The van der Waals surface area contributed by atoms with Gasteiger partial charge in [0, 0.05) is 21.2 Å². The van der Waals surface area contributed by atoms with Crippen molar-refractivity contribution >= 4 is 34.2 Å². The molecule has 100 valence electrons. The Labute approximate surface area is 128 Å². The maximum Gasteiger partial charge on any atom is 0.0576 e. The fraction of sp³-hybridized carbons (Fsp3) is 0.571. The summed E-state index contributed by atoms with van der Waals surface area (Å²) in [7, 11) is 2.01. The van der Waals surface area contributed by atoms with Crippen molar-refractivity contribution in [3.05, 3.63) is 32.4 Å². The Bertz CT molecular complexity index is 393. The SMILES string of the molecule is CNC(CCC1CCCO1)c1cc(Cl)ccc1I. The summed E-state index contributed by atoms with van der Waals surface area (Å²) in [6.45, 7) is 0.934. The van der Waals surface area contributed by atoms with Crippen LogP contribution in [0.1, 0.15) is 37.3 Å². The van der Waals surface area contributed by atoms with Gasteiger partial charge in [-0.2, -0.15) is 0 Å². The van der Waals surface area contributed by atoms with E-state index < -0.39 is 0 Å². The highest BCUT2D eigenvalue weighted by molar-refractivity contribution is 14.1. The number of hydrogen-bond acceptors (Lipinski definition) is 2. The molecule has 0 bridgehead atoms. The third kappa shape index (κ3) is 3.83. The highest BCUT2D eigenvalue weighted by Gasteiger charge is 2.19. The average Bonchev–Trinajstić information content (AvgIpc) is 2.87. The minimum Gasteiger partial charge on any atom is -0.378 e. The van der Waals surface area contributed by atoms with Crippen molar-refractivity contribution in [3.8, 4) is 0 Å². The van der Waals surface area contributed by atoms with Gasteiger partial charge in [-0.3, -0.25) is 0 Å². The van der Waals surface area contributed by atoms with E-state index >= 15 is 0 Å². The van der Waals surface area contributed by atoms with Crippen LogP contribution in [0.2, 0.25) is 5.02 Å². The third-order valence-electron chi connectivity index (χ3n) is 3.48. The van der Waals surface area contributed by atoms with Crippen molar-refractivity contribution in [2.45, 2.75) is 37.8 Å². The quantitative estimate of drug-likeness (QED) is 0.776. The van der Waals surface area contributed by atoms with Crippen LogP contribution in [-0.4, -0.2) is 19.8 Å². The van der Waals surface area contributed by atoms with Gasteiger partial charge in [0.1, 0.15) is 0 Å². The summed E-state index contributed by atoms with van der Waals surface area (Å²) >= 11 is 8.46. The Balaban J connectivity index is 2.00. The van der Waals surface area contributed by atoms with Gasteiger partial charge < -0.3 is 10.1 Å². The zero-order valence-corrected chi connectivity index (χ0v) is 13.5. The van der Waals surface area contributed by atoms with Crippen LogP contribution in [0.25, 0.3) is 0 Å². The monoisotopic (exact) mass is 379 g/mol. The van der Waals surface area contributed by atoms with Gasteiger partial charge >= 0.3 is 0 Å². The second-order valence-electron chi connectivity index (χ2n) is 4.72. The van der Waals surface area contributed by atoms with Gasteiger partial charge in [0.15, 0.2) is 0 Å². The standard InChI is InChI=1S/C14H19ClINO/c1-17-14(7-5-11-3-2-8-18-11)12-9-10(15)4-6-13(12)16/h4,6,9,11,14,17H,2-3,5,7-8H2,1H3. The van der Waals surface area contributed by atoms with Gasteiger partial charge in [-0.15, -0.1) is 0 Å². The van der Waals surface area contributed by atoms with E-state index in [1.54, 1.807) is 0 Å². The molecule has 0 radical (unpaired) electrons. The molecule has 0 amide bonds. The lowest BCUT2D eigenvalue weighted by atomic mass is 9.99. The molecule has 1 aliphatic rings. The lowest BCUT2D eigenvalue weighted by Gasteiger charge is -2.20. The van der Waals surface area contributed by atoms with Crippen molar-refractivity contribution in [1.29, 1.82) is 0 Å². The topological polar surface area (TPSA) is 21.3 Å².